The number of fused-ring (bicyclic) bond motifs is 1. The maximum Gasteiger partial charge on any atom is 0.315 e. The van der Waals surface area contributed by atoms with Gasteiger partial charge in [-0.3, -0.25) is 0 Å². The first kappa shape index (κ1) is 11.5. The highest BCUT2D eigenvalue weighted by Crippen LogP contribution is 2.28. The predicted molar refractivity (Wildman–Crippen MR) is 66.1 cm³/mol. The molecule has 6 heteroatoms. The summed E-state index contributed by atoms with van der Waals surface area (Å²) < 4.78 is 23.8. The van der Waals surface area contributed by atoms with E-state index in [9.17, 15) is 13.2 Å². The quantitative estimate of drug-likeness (QED) is 0.788. The van der Waals surface area contributed by atoms with Crippen LogP contribution in [0.15, 0.2) is 23.1 Å². The van der Waals surface area contributed by atoms with Crippen molar-refractivity contribution >= 4 is 15.9 Å². The summed E-state index contributed by atoms with van der Waals surface area (Å²) in [6, 6.07) is 5.13. The third-order valence-corrected chi connectivity index (χ3v) is 5.35. The largest absolute Gasteiger partial charge is 0.336 e. The lowest BCUT2D eigenvalue weighted by atomic mass is 10.0. The van der Waals surface area contributed by atoms with Crippen molar-refractivity contribution in [2.45, 2.75) is 23.8 Å². The molecule has 3 rings (SSSR count). The summed E-state index contributed by atoms with van der Waals surface area (Å²) in [5, 5.41) is 5.49. The zero-order valence-electron chi connectivity index (χ0n) is 9.77. The topological polar surface area (TPSA) is 75.3 Å². The van der Waals surface area contributed by atoms with Gasteiger partial charge < -0.3 is 10.6 Å². The molecule has 1 saturated heterocycles. The van der Waals surface area contributed by atoms with Crippen LogP contribution >= 0.6 is 0 Å². The molecule has 2 aliphatic heterocycles. The van der Waals surface area contributed by atoms with E-state index in [-0.39, 0.29) is 17.8 Å². The van der Waals surface area contributed by atoms with Gasteiger partial charge >= 0.3 is 6.03 Å². The highest BCUT2D eigenvalue weighted by molar-refractivity contribution is 7.91. The number of sulfone groups is 1. The zero-order chi connectivity index (χ0) is 12.8. The Morgan fingerprint density at radius 2 is 2.11 bits per heavy atom. The van der Waals surface area contributed by atoms with Gasteiger partial charge in [0.25, 0.3) is 0 Å². The summed E-state index contributed by atoms with van der Waals surface area (Å²) in [5.41, 5.74) is 1.84. The molecular weight excluding hydrogens is 252 g/mol. The van der Waals surface area contributed by atoms with E-state index >= 15 is 0 Å². The number of hydrogen-bond acceptors (Lipinski definition) is 3. The summed E-state index contributed by atoms with van der Waals surface area (Å²) >= 11 is 0. The van der Waals surface area contributed by atoms with E-state index in [0.29, 0.717) is 17.9 Å². The second kappa shape index (κ2) is 3.98. The van der Waals surface area contributed by atoms with Crippen molar-refractivity contribution in [1.82, 2.24) is 10.6 Å². The number of nitrogens with one attached hydrogen (secondary N) is 2. The zero-order valence-corrected chi connectivity index (χ0v) is 10.6. The van der Waals surface area contributed by atoms with Crippen molar-refractivity contribution in [1.29, 1.82) is 0 Å². The Morgan fingerprint density at radius 3 is 2.83 bits per heavy atom. The lowest BCUT2D eigenvalue weighted by Gasteiger charge is -2.18. The molecule has 1 aromatic carbocycles. The van der Waals surface area contributed by atoms with Gasteiger partial charge in [-0.05, 0) is 30.0 Å². The van der Waals surface area contributed by atoms with Crippen LogP contribution in [0.4, 0.5) is 4.79 Å². The number of carbonyl (C=O) groups is 1. The lowest BCUT2D eigenvalue weighted by Crippen LogP contribution is -2.22. The molecule has 1 atom stereocenters. The van der Waals surface area contributed by atoms with E-state index in [4.69, 9.17) is 0 Å². The van der Waals surface area contributed by atoms with Gasteiger partial charge in [0.15, 0.2) is 9.84 Å². The maximum absolute atomic E-state index is 11.9. The third-order valence-electron chi connectivity index (χ3n) is 3.45. The van der Waals surface area contributed by atoms with Gasteiger partial charge in [0.05, 0.1) is 16.7 Å². The van der Waals surface area contributed by atoms with Crippen LogP contribution in [-0.2, 0) is 16.3 Å². The standard InChI is InChI=1S/C12H14N2O3S/c15-12-13-7-10(14-12)8-3-4-11-9(6-8)2-1-5-18(11,16)17/h3-4,6,10H,1-2,5,7H2,(H2,13,14,15). The summed E-state index contributed by atoms with van der Waals surface area (Å²) in [7, 11) is -3.10. The SMILES string of the molecule is O=C1NCC(c2ccc3c(c2)CCCS3(=O)=O)N1. The summed E-state index contributed by atoms with van der Waals surface area (Å²) in [6.07, 6.45) is 1.46. The Morgan fingerprint density at radius 1 is 1.28 bits per heavy atom. The molecule has 2 N–H and O–H groups in total. The molecule has 18 heavy (non-hydrogen) atoms. The Bertz CT molecular complexity index is 610. The number of amides is 2. The van der Waals surface area contributed by atoms with E-state index in [1.807, 2.05) is 6.07 Å². The molecule has 0 spiro atoms. The van der Waals surface area contributed by atoms with Crippen LogP contribution in [0.2, 0.25) is 0 Å². The number of urea groups is 1. The molecule has 1 unspecified atom stereocenters. The molecule has 0 radical (unpaired) electrons. The van der Waals surface area contributed by atoms with E-state index in [1.54, 1.807) is 12.1 Å². The van der Waals surface area contributed by atoms with Crippen molar-refractivity contribution in [2.24, 2.45) is 0 Å². The van der Waals surface area contributed by atoms with Gasteiger partial charge in [-0.15, -0.1) is 0 Å². The lowest BCUT2D eigenvalue weighted by molar-refractivity contribution is 0.247. The van der Waals surface area contributed by atoms with E-state index in [1.165, 1.54) is 0 Å². The van der Waals surface area contributed by atoms with Crippen LogP contribution < -0.4 is 10.6 Å². The Hall–Kier alpha value is -1.56. The number of carbonyl (C=O) groups excluding carboxylic acids is 1. The van der Waals surface area contributed by atoms with Crippen molar-refractivity contribution in [3.05, 3.63) is 29.3 Å². The van der Waals surface area contributed by atoms with Crippen LogP contribution in [0.1, 0.15) is 23.6 Å². The second-order valence-electron chi connectivity index (χ2n) is 4.70. The molecule has 96 valence electrons. The average molecular weight is 266 g/mol. The van der Waals surface area contributed by atoms with Crippen molar-refractivity contribution in [3.8, 4) is 0 Å². The molecule has 1 fully saturated rings. The van der Waals surface area contributed by atoms with Crippen LogP contribution in [0.25, 0.3) is 0 Å². The third kappa shape index (κ3) is 1.86. The minimum atomic E-state index is -3.10. The molecule has 1 aromatic rings. The first-order chi connectivity index (χ1) is 8.56. The molecule has 0 aromatic heterocycles. The van der Waals surface area contributed by atoms with Gasteiger partial charge in [0.2, 0.25) is 0 Å². The maximum atomic E-state index is 11.9. The van der Waals surface area contributed by atoms with E-state index < -0.39 is 9.84 Å². The Labute approximate surface area is 105 Å². The fourth-order valence-corrected chi connectivity index (χ4v) is 4.11. The van der Waals surface area contributed by atoms with Crippen LogP contribution in [-0.4, -0.2) is 26.7 Å². The molecular formula is C12H14N2O3S. The van der Waals surface area contributed by atoms with Crippen LogP contribution in [0, 0.1) is 0 Å². The first-order valence-electron chi connectivity index (χ1n) is 5.96. The first-order valence-corrected chi connectivity index (χ1v) is 7.61. The predicted octanol–water partition coefficient (Wildman–Crippen LogP) is 0.760. The van der Waals surface area contributed by atoms with Gasteiger partial charge in [0, 0.05) is 6.54 Å². The minimum absolute atomic E-state index is 0.0626. The Kier molecular flexibility index (Phi) is 2.55. The minimum Gasteiger partial charge on any atom is -0.336 e. The normalized spacial score (nSPS) is 25.1. The fraction of sp³-hybridized carbons (Fsp3) is 0.417. The van der Waals surface area contributed by atoms with Crippen molar-refractivity contribution in [3.63, 3.8) is 0 Å². The van der Waals surface area contributed by atoms with E-state index in [0.717, 1.165) is 17.5 Å². The highest BCUT2D eigenvalue weighted by Gasteiger charge is 2.26. The molecule has 0 bridgehead atoms. The van der Waals surface area contributed by atoms with Crippen molar-refractivity contribution < 1.29 is 13.2 Å². The number of aryl methyl sites for hydroxylation is 1. The van der Waals surface area contributed by atoms with Gasteiger partial charge in [-0.2, -0.15) is 0 Å². The average Bonchev–Trinajstić information content (AvgIpc) is 2.75. The van der Waals surface area contributed by atoms with Crippen molar-refractivity contribution in [2.75, 3.05) is 12.3 Å². The number of hydrogen-bond donors (Lipinski definition) is 2. The highest BCUT2D eigenvalue weighted by atomic mass is 32.2. The second-order valence-corrected chi connectivity index (χ2v) is 6.77. The molecule has 0 saturated carbocycles. The fourth-order valence-electron chi connectivity index (χ4n) is 2.53. The monoisotopic (exact) mass is 266 g/mol. The molecule has 2 heterocycles. The number of rotatable bonds is 1. The summed E-state index contributed by atoms with van der Waals surface area (Å²) in [4.78, 5) is 11.6. The molecule has 2 amide bonds. The molecule has 0 aliphatic carbocycles. The molecule has 2 aliphatic rings. The Balaban J connectivity index is 1.99. The van der Waals surface area contributed by atoms with E-state index in [2.05, 4.69) is 10.6 Å². The number of benzene rings is 1. The van der Waals surface area contributed by atoms with Crippen LogP contribution in [0.5, 0.6) is 0 Å². The smallest absolute Gasteiger partial charge is 0.315 e. The van der Waals surface area contributed by atoms with Gasteiger partial charge in [-0.1, -0.05) is 12.1 Å². The van der Waals surface area contributed by atoms with Gasteiger partial charge in [-0.25, -0.2) is 13.2 Å². The summed E-state index contributed by atoms with van der Waals surface area (Å²) in [6.45, 7) is 0.546. The van der Waals surface area contributed by atoms with Gasteiger partial charge in [0.1, 0.15) is 0 Å². The van der Waals surface area contributed by atoms with Crippen LogP contribution in [0.3, 0.4) is 0 Å². The molecule has 5 nitrogen and oxygen atoms in total. The summed E-state index contributed by atoms with van der Waals surface area (Å²) in [5.74, 6) is 0.237.